The molecule has 0 radical (unpaired) electrons. The Morgan fingerprint density at radius 2 is 1.74 bits per heavy atom. The topological polar surface area (TPSA) is 42.0 Å². The monoisotopic (exact) mass is 294 g/mol. The normalized spacial score (nSPS) is 10.2. The summed E-state index contributed by atoms with van der Waals surface area (Å²) in [6.45, 7) is 0.462. The molecule has 0 spiro atoms. The lowest BCUT2D eigenvalue weighted by Gasteiger charge is -2.08. The Hall–Kier alpha value is -1.58. The van der Waals surface area contributed by atoms with Crippen LogP contribution < -0.4 is 5.32 Å². The standard InChI is InChI=1S/C14H12Cl2N2O/c15-12-2-1-3-13(16)11(12)8-14(19)18-9-10-4-6-17-7-5-10/h1-7H,8-9H2,(H,18,19). The van der Waals surface area contributed by atoms with Gasteiger partial charge in [-0.1, -0.05) is 29.3 Å². The number of aromatic nitrogens is 1. The number of rotatable bonds is 4. The maximum absolute atomic E-state index is 11.8. The Bertz CT molecular complexity index is 553. The molecule has 0 aliphatic rings. The van der Waals surface area contributed by atoms with Crippen LogP contribution in [0.3, 0.4) is 0 Å². The van der Waals surface area contributed by atoms with Gasteiger partial charge in [-0.2, -0.15) is 0 Å². The maximum Gasteiger partial charge on any atom is 0.224 e. The summed E-state index contributed by atoms with van der Waals surface area (Å²) in [7, 11) is 0. The molecule has 0 bridgehead atoms. The van der Waals surface area contributed by atoms with Crippen molar-refractivity contribution in [3.63, 3.8) is 0 Å². The van der Waals surface area contributed by atoms with Crippen molar-refractivity contribution in [2.45, 2.75) is 13.0 Å². The summed E-state index contributed by atoms with van der Waals surface area (Å²) in [5.74, 6) is -0.119. The van der Waals surface area contributed by atoms with E-state index >= 15 is 0 Å². The number of nitrogens with zero attached hydrogens (tertiary/aromatic N) is 1. The number of benzene rings is 1. The van der Waals surface area contributed by atoms with Crippen molar-refractivity contribution in [1.82, 2.24) is 10.3 Å². The van der Waals surface area contributed by atoms with Gasteiger partial charge in [0.05, 0.1) is 6.42 Å². The Labute approximate surface area is 121 Å². The van der Waals surface area contributed by atoms with Crippen LogP contribution in [0.4, 0.5) is 0 Å². The van der Waals surface area contributed by atoms with Crippen LogP contribution in [0, 0.1) is 0 Å². The molecular weight excluding hydrogens is 283 g/mol. The number of hydrogen-bond acceptors (Lipinski definition) is 2. The fraction of sp³-hybridized carbons (Fsp3) is 0.143. The third-order valence-electron chi connectivity index (χ3n) is 2.64. The molecule has 2 rings (SSSR count). The van der Waals surface area contributed by atoms with E-state index in [2.05, 4.69) is 10.3 Å². The van der Waals surface area contributed by atoms with E-state index in [9.17, 15) is 4.79 Å². The Morgan fingerprint density at radius 1 is 1.11 bits per heavy atom. The molecule has 1 aromatic carbocycles. The molecule has 1 aromatic heterocycles. The first-order chi connectivity index (χ1) is 9.16. The number of carbonyl (C=O) groups excluding carboxylic acids is 1. The molecule has 3 nitrogen and oxygen atoms in total. The van der Waals surface area contributed by atoms with Crippen LogP contribution in [0.1, 0.15) is 11.1 Å². The number of hydrogen-bond donors (Lipinski definition) is 1. The van der Waals surface area contributed by atoms with E-state index < -0.39 is 0 Å². The molecule has 1 amide bonds. The molecule has 19 heavy (non-hydrogen) atoms. The van der Waals surface area contributed by atoms with Crippen molar-refractivity contribution < 1.29 is 4.79 Å². The number of pyridine rings is 1. The van der Waals surface area contributed by atoms with E-state index in [0.717, 1.165) is 5.56 Å². The highest BCUT2D eigenvalue weighted by Gasteiger charge is 2.10. The minimum absolute atomic E-state index is 0.119. The molecule has 0 saturated heterocycles. The molecule has 1 N–H and O–H groups in total. The van der Waals surface area contributed by atoms with E-state index in [1.165, 1.54) is 0 Å². The Kier molecular flexibility index (Phi) is 4.77. The Balaban J connectivity index is 1.95. The molecule has 1 heterocycles. The summed E-state index contributed by atoms with van der Waals surface area (Å²) in [5.41, 5.74) is 1.65. The van der Waals surface area contributed by atoms with Gasteiger partial charge in [0.15, 0.2) is 0 Å². The second-order valence-corrected chi connectivity index (χ2v) is 4.82. The lowest BCUT2D eigenvalue weighted by atomic mass is 10.1. The van der Waals surface area contributed by atoms with Gasteiger partial charge < -0.3 is 5.32 Å². The maximum atomic E-state index is 11.8. The zero-order chi connectivity index (χ0) is 13.7. The van der Waals surface area contributed by atoms with Gasteiger partial charge in [0, 0.05) is 29.0 Å². The SMILES string of the molecule is O=C(Cc1c(Cl)cccc1Cl)NCc1ccncc1. The summed E-state index contributed by atoms with van der Waals surface area (Å²) in [4.78, 5) is 15.8. The van der Waals surface area contributed by atoms with Crippen LogP contribution in [0.25, 0.3) is 0 Å². The predicted octanol–water partition coefficient (Wildman–Crippen LogP) is 3.25. The van der Waals surface area contributed by atoms with Crippen LogP contribution in [0.5, 0.6) is 0 Å². The molecule has 5 heteroatoms. The van der Waals surface area contributed by atoms with E-state index in [4.69, 9.17) is 23.2 Å². The quantitative estimate of drug-likeness (QED) is 0.940. The van der Waals surface area contributed by atoms with Crippen molar-refractivity contribution in [1.29, 1.82) is 0 Å². The van der Waals surface area contributed by atoms with Gasteiger partial charge in [0.25, 0.3) is 0 Å². The zero-order valence-corrected chi connectivity index (χ0v) is 11.6. The third kappa shape index (κ3) is 3.94. The van der Waals surface area contributed by atoms with E-state index in [0.29, 0.717) is 22.2 Å². The molecule has 0 aliphatic carbocycles. The lowest BCUT2D eigenvalue weighted by molar-refractivity contribution is -0.120. The van der Waals surface area contributed by atoms with Crippen LogP contribution in [-0.4, -0.2) is 10.9 Å². The van der Waals surface area contributed by atoms with Crippen molar-refractivity contribution in [2.24, 2.45) is 0 Å². The summed E-state index contributed by atoms with van der Waals surface area (Å²) >= 11 is 12.0. The van der Waals surface area contributed by atoms with E-state index in [1.807, 2.05) is 12.1 Å². The van der Waals surface area contributed by atoms with Gasteiger partial charge in [-0.05, 0) is 35.4 Å². The van der Waals surface area contributed by atoms with Gasteiger partial charge in [-0.3, -0.25) is 9.78 Å². The zero-order valence-electron chi connectivity index (χ0n) is 10.1. The highest BCUT2D eigenvalue weighted by atomic mass is 35.5. The van der Waals surface area contributed by atoms with Gasteiger partial charge in [0.2, 0.25) is 5.91 Å². The predicted molar refractivity (Wildman–Crippen MR) is 76.2 cm³/mol. The second-order valence-electron chi connectivity index (χ2n) is 4.01. The lowest BCUT2D eigenvalue weighted by Crippen LogP contribution is -2.24. The van der Waals surface area contributed by atoms with Gasteiger partial charge in [0.1, 0.15) is 0 Å². The first-order valence-electron chi connectivity index (χ1n) is 5.75. The average molecular weight is 295 g/mol. The summed E-state index contributed by atoms with van der Waals surface area (Å²) in [5, 5.41) is 3.83. The molecule has 0 fully saturated rings. The van der Waals surface area contributed by atoms with Crippen LogP contribution >= 0.6 is 23.2 Å². The van der Waals surface area contributed by atoms with Crippen molar-refractivity contribution in [3.8, 4) is 0 Å². The summed E-state index contributed by atoms with van der Waals surface area (Å²) < 4.78 is 0. The largest absolute Gasteiger partial charge is 0.352 e. The molecule has 98 valence electrons. The van der Waals surface area contributed by atoms with Crippen LogP contribution in [0.15, 0.2) is 42.7 Å². The minimum Gasteiger partial charge on any atom is -0.352 e. The smallest absolute Gasteiger partial charge is 0.224 e. The van der Waals surface area contributed by atoms with Gasteiger partial charge in [-0.15, -0.1) is 0 Å². The minimum atomic E-state index is -0.119. The molecule has 0 aliphatic heterocycles. The number of nitrogens with one attached hydrogen (secondary N) is 1. The fourth-order valence-corrected chi connectivity index (χ4v) is 2.16. The van der Waals surface area contributed by atoms with E-state index in [-0.39, 0.29) is 12.3 Å². The van der Waals surface area contributed by atoms with Crippen molar-refractivity contribution >= 4 is 29.1 Å². The number of halogens is 2. The molecule has 0 saturated carbocycles. The highest BCUT2D eigenvalue weighted by molar-refractivity contribution is 6.36. The molecule has 0 atom stereocenters. The van der Waals surface area contributed by atoms with Crippen molar-refractivity contribution in [3.05, 3.63) is 63.9 Å². The number of carbonyl (C=O) groups is 1. The Morgan fingerprint density at radius 3 is 2.37 bits per heavy atom. The van der Waals surface area contributed by atoms with Gasteiger partial charge in [-0.25, -0.2) is 0 Å². The van der Waals surface area contributed by atoms with Crippen molar-refractivity contribution in [2.75, 3.05) is 0 Å². The van der Waals surface area contributed by atoms with Gasteiger partial charge >= 0.3 is 0 Å². The molecule has 0 unspecified atom stereocenters. The highest BCUT2D eigenvalue weighted by Crippen LogP contribution is 2.24. The molecule has 2 aromatic rings. The summed E-state index contributed by atoms with van der Waals surface area (Å²) in [6, 6.07) is 8.90. The van der Waals surface area contributed by atoms with E-state index in [1.54, 1.807) is 30.6 Å². The first-order valence-corrected chi connectivity index (χ1v) is 6.51. The first kappa shape index (κ1) is 13.8. The second kappa shape index (κ2) is 6.55. The van der Waals surface area contributed by atoms with Crippen LogP contribution in [0.2, 0.25) is 10.0 Å². The third-order valence-corrected chi connectivity index (χ3v) is 3.35. The number of amides is 1. The molecular formula is C14H12Cl2N2O. The average Bonchev–Trinajstić information content (AvgIpc) is 2.42. The van der Waals surface area contributed by atoms with Crippen LogP contribution in [-0.2, 0) is 17.8 Å². The fourth-order valence-electron chi connectivity index (χ4n) is 1.63. The summed E-state index contributed by atoms with van der Waals surface area (Å²) in [6.07, 6.45) is 3.54.